The van der Waals surface area contributed by atoms with Gasteiger partial charge in [0.05, 0.1) is 5.25 Å². The highest BCUT2D eigenvalue weighted by Crippen LogP contribution is 2.31. The zero-order valence-electron chi connectivity index (χ0n) is 10.8. The van der Waals surface area contributed by atoms with Crippen LogP contribution in [-0.2, 0) is 4.79 Å². The van der Waals surface area contributed by atoms with Crippen LogP contribution in [0.5, 0.6) is 0 Å². The molecule has 2 N–H and O–H groups in total. The van der Waals surface area contributed by atoms with Crippen LogP contribution >= 0.6 is 23.1 Å². The van der Waals surface area contributed by atoms with Crippen LogP contribution in [0.25, 0.3) is 0 Å². The Morgan fingerprint density at radius 1 is 1.39 bits per heavy atom. The summed E-state index contributed by atoms with van der Waals surface area (Å²) in [6, 6.07) is 0.750. The Morgan fingerprint density at radius 3 is 2.72 bits per heavy atom. The van der Waals surface area contributed by atoms with Gasteiger partial charge in [-0.3, -0.25) is 4.79 Å². The van der Waals surface area contributed by atoms with Crippen LogP contribution in [0, 0.1) is 0 Å². The highest BCUT2D eigenvalue weighted by atomic mass is 32.2. The molecule has 0 spiro atoms. The van der Waals surface area contributed by atoms with Crippen LogP contribution < -0.4 is 10.6 Å². The molecule has 0 saturated heterocycles. The number of thioether (sulfide) groups is 1. The van der Waals surface area contributed by atoms with E-state index in [1.807, 2.05) is 20.8 Å². The first-order valence-corrected chi connectivity index (χ1v) is 7.81. The third kappa shape index (κ3) is 4.13. The summed E-state index contributed by atoms with van der Waals surface area (Å²) in [5, 5.41) is 15.1. The lowest BCUT2D eigenvalue weighted by Gasteiger charge is -2.12. The second-order valence-electron chi connectivity index (χ2n) is 4.72. The SMILES string of the molecule is CC(C)NC(=O)C(C)Sc1nnc(NC2CC2)s1. The molecule has 1 amide bonds. The number of hydrogen-bond donors (Lipinski definition) is 2. The number of hydrogen-bond acceptors (Lipinski definition) is 6. The average molecular weight is 286 g/mol. The first kappa shape index (κ1) is 13.6. The predicted octanol–water partition coefficient (Wildman–Crippen LogP) is 2.12. The van der Waals surface area contributed by atoms with Gasteiger partial charge in [-0.15, -0.1) is 10.2 Å². The van der Waals surface area contributed by atoms with Gasteiger partial charge in [-0.1, -0.05) is 23.1 Å². The molecule has 1 aromatic rings. The van der Waals surface area contributed by atoms with Gasteiger partial charge in [-0.2, -0.15) is 0 Å². The summed E-state index contributed by atoms with van der Waals surface area (Å²) in [5.74, 6) is 0.0434. The lowest BCUT2D eigenvalue weighted by atomic mass is 10.3. The van der Waals surface area contributed by atoms with Crippen LogP contribution in [0.15, 0.2) is 4.34 Å². The van der Waals surface area contributed by atoms with E-state index in [4.69, 9.17) is 0 Å². The number of anilines is 1. The molecule has 2 rings (SSSR count). The molecule has 1 aliphatic carbocycles. The third-order valence-electron chi connectivity index (χ3n) is 2.39. The number of carbonyl (C=O) groups is 1. The minimum Gasteiger partial charge on any atom is -0.357 e. The number of nitrogens with zero attached hydrogens (tertiary/aromatic N) is 2. The molecule has 0 radical (unpaired) electrons. The summed E-state index contributed by atoms with van der Waals surface area (Å²) >= 11 is 2.97. The fourth-order valence-electron chi connectivity index (χ4n) is 1.32. The zero-order valence-corrected chi connectivity index (χ0v) is 12.4. The minimum atomic E-state index is -0.144. The van der Waals surface area contributed by atoms with Crippen LogP contribution in [-0.4, -0.2) is 33.4 Å². The van der Waals surface area contributed by atoms with Gasteiger partial charge in [-0.25, -0.2) is 0 Å². The molecule has 1 aliphatic rings. The topological polar surface area (TPSA) is 66.9 Å². The summed E-state index contributed by atoms with van der Waals surface area (Å²) < 4.78 is 0.838. The Labute approximate surface area is 115 Å². The molecule has 100 valence electrons. The van der Waals surface area contributed by atoms with Gasteiger partial charge in [0.2, 0.25) is 11.0 Å². The van der Waals surface area contributed by atoms with Gasteiger partial charge in [0.15, 0.2) is 4.34 Å². The van der Waals surface area contributed by atoms with Crippen molar-refractivity contribution in [2.24, 2.45) is 0 Å². The molecule has 7 heteroatoms. The maximum absolute atomic E-state index is 11.8. The van der Waals surface area contributed by atoms with Crippen LogP contribution in [0.2, 0.25) is 0 Å². The van der Waals surface area contributed by atoms with E-state index in [1.165, 1.54) is 35.9 Å². The Balaban J connectivity index is 1.83. The minimum absolute atomic E-state index is 0.0434. The van der Waals surface area contributed by atoms with E-state index in [0.29, 0.717) is 6.04 Å². The maximum atomic E-state index is 11.8. The fourth-order valence-corrected chi connectivity index (χ4v) is 3.31. The molecular formula is C11H18N4OS2. The maximum Gasteiger partial charge on any atom is 0.233 e. The average Bonchev–Trinajstić information content (AvgIpc) is 2.98. The zero-order chi connectivity index (χ0) is 13.1. The molecule has 0 bridgehead atoms. The summed E-state index contributed by atoms with van der Waals surface area (Å²) in [7, 11) is 0. The van der Waals surface area contributed by atoms with Crippen molar-refractivity contribution in [2.45, 2.75) is 55.3 Å². The molecule has 1 aromatic heterocycles. The van der Waals surface area contributed by atoms with Crippen LogP contribution in [0.1, 0.15) is 33.6 Å². The first-order valence-electron chi connectivity index (χ1n) is 6.11. The van der Waals surface area contributed by atoms with Gasteiger partial charge in [0.1, 0.15) is 0 Å². The van der Waals surface area contributed by atoms with Crippen molar-refractivity contribution in [3.63, 3.8) is 0 Å². The lowest BCUT2D eigenvalue weighted by Crippen LogP contribution is -2.35. The number of carbonyl (C=O) groups excluding carboxylic acids is 1. The Bertz CT molecular complexity index is 417. The molecule has 1 unspecified atom stereocenters. The van der Waals surface area contributed by atoms with E-state index in [-0.39, 0.29) is 17.2 Å². The molecular weight excluding hydrogens is 268 g/mol. The van der Waals surface area contributed by atoms with Crippen molar-refractivity contribution in [1.29, 1.82) is 0 Å². The molecule has 0 aliphatic heterocycles. The molecule has 1 fully saturated rings. The van der Waals surface area contributed by atoms with Gasteiger partial charge in [0.25, 0.3) is 0 Å². The monoisotopic (exact) mass is 286 g/mol. The normalized spacial score (nSPS) is 16.7. The summed E-state index contributed by atoms with van der Waals surface area (Å²) in [4.78, 5) is 11.8. The first-order chi connectivity index (χ1) is 8.54. The van der Waals surface area contributed by atoms with E-state index in [2.05, 4.69) is 20.8 Å². The number of amides is 1. The predicted molar refractivity (Wildman–Crippen MR) is 75.2 cm³/mol. The second kappa shape index (κ2) is 5.88. The molecule has 1 saturated carbocycles. The third-order valence-corrected chi connectivity index (χ3v) is 4.43. The number of aromatic nitrogens is 2. The van der Waals surface area contributed by atoms with Crippen LogP contribution in [0.3, 0.4) is 0 Å². The Morgan fingerprint density at radius 2 is 2.11 bits per heavy atom. The van der Waals surface area contributed by atoms with Gasteiger partial charge in [0, 0.05) is 12.1 Å². The van der Waals surface area contributed by atoms with Crippen molar-refractivity contribution in [2.75, 3.05) is 5.32 Å². The smallest absolute Gasteiger partial charge is 0.233 e. The number of nitrogens with one attached hydrogen (secondary N) is 2. The lowest BCUT2D eigenvalue weighted by molar-refractivity contribution is -0.120. The summed E-state index contributed by atoms with van der Waals surface area (Å²) in [5.41, 5.74) is 0. The van der Waals surface area contributed by atoms with Crippen molar-refractivity contribution in [3.05, 3.63) is 0 Å². The number of rotatable bonds is 6. The molecule has 1 atom stereocenters. The van der Waals surface area contributed by atoms with Crippen molar-refractivity contribution >= 4 is 34.1 Å². The van der Waals surface area contributed by atoms with E-state index in [1.54, 1.807) is 0 Å². The highest BCUT2D eigenvalue weighted by molar-refractivity contribution is 8.02. The molecule has 1 heterocycles. The second-order valence-corrected chi connectivity index (χ2v) is 7.28. The fraction of sp³-hybridized carbons (Fsp3) is 0.727. The largest absolute Gasteiger partial charge is 0.357 e. The standard InChI is InChI=1S/C11H18N4OS2/c1-6(2)12-9(16)7(3)17-11-15-14-10(18-11)13-8-4-5-8/h6-8H,4-5H2,1-3H3,(H,12,16)(H,13,14). The highest BCUT2D eigenvalue weighted by Gasteiger charge is 2.23. The van der Waals surface area contributed by atoms with Gasteiger partial charge < -0.3 is 10.6 Å². The van der Waals surface area contributed by atoms with Crippen molar-refractivity contribution in [1.82, 2.24) is 15.5 Å². The quantitative estimate of drug-likeness (QED) is 0.784. The van der Waals surface area contributed by atoms with Gasteiger partial charge in [-0.05, 0) is 33.6 Å². The van der Waals surface area contributed by atoms with E-state index < -0.39 is 0 Å². The van der Waals surface area contributed by atoms with Crippen molar-refractivity contribution < 1.29 is 4.79 Å². The van der Waals surface area contributed by atoms with Crippen molar-refractivity contribution in [3.8, 4) is 0 Å². The summed E-state index contributed by atoms with van der Waals surface area (Å²) in [6.45, 7) is 5.80. The van der Waals surface area contributed by atoms with E-state index in [0.717, 1.165) is 9.47 Å². The van der Waals surface area contributed by atoms with Crippen LogP contribution in [0.4, 0.5) is 5.13 Å². The summed E-state index contributed by atoms with van der Waals surface area (Å²) in [6.07, 6.45) is 2.44. The van der Waals surface area contributed by atoms with Gasteiger partial charge >= 0.3 is 0 Å². The molecule has 18 heavy (non-hydrogen) atoms. The molecule has 0 aromatic carbocycles. The van der Waals surface area contributed by atoms with E-state index >= 15 is 0 Å². The van der Waals surface area contributed by atoms with E-state index in [9.17, 15) is 4.79 Å². The Hall–Kier alpha value is -0.820. The molecule has 5 nitrogen and oxygen atoms in total. The Kier molecular flexibility index (Phi) is 4.45.